The van der Waals surface area contributed by atoms with Gasteiger partial charge in [-0.15, -0.1) is 21.5 Å². The fraction of sp³-hybridized carbons (Fsp3) is 0. The van der Waals surface area contributed by atoms with Crippen LogP contribution in [0.3, 0.4) is 0 Å². The van der Waals surface area contributed by atoms with Crippen molar-refractivity contribution in [3.63, 3.8) is 0 Å². The molecule has 0 radical (unpaired) electrons. The predicted octanol–water partition coefficient (Wildman–Crippen LogP) is 1.69. The summed E-state index contributed by atoms with van der Waals surface area (Å²) >= 11 is 1.61. The van der Waals surface area contributed by atoms with Crippen LogP contribution < -0.4 is 22.9 Å². The quantitative estimate of drug-likeness (QED) is 0.278. The van der Waals surface area contributed by atoms with Crippen LogP contribution in [-0.4, -0.2) is 29.3 Å². The summed E-state index contributed by atoms with van der Waals surface area (Å²) in [5, 5.41) is 15.7. The lowest BCUT2D eigenvalue weighted by Crippen LogP contribution is -2.21. The molecule has 1 aromatic heterocycles. The van der Waals surface area contributed by atoms with E-state index in [2.05, 4.69) is 25.4 Å². The number of nitrogens with zero attached hydrogens (tertiary/aromatic N) is 5. The molecule has 1 heterocycles. The molecule has 2 aromatic carbocycles. The fourth-order valence-electron chi connectivity index (χ4n) is 2.31. The van der Waals surface area contributed by atoms with Crippen molar-refractivity contribution < 1.29 is 0 Å². The van der Waals surface area contributed by atoms with Gasteiger partial charge in [0.05, 0.1) is 17.3 Å². The van der Waals surface area contributed by atoms with Gasteiger partial charge in [0.2, 0.25) is 11.9 Å². The molecular formula is C19H19N9S. The van der Waals surface area contributed by atoms with Crippen LogP contribution in [-0.2, 0) is 0 Å². The van der Waals surface area contributed by atoms with Gasteiger partial charge in [-0.3, -0.25) is 0 Å². The molecule has 0 aliphatic rings. The highest BCUT2D eigenvalue weighted by Crippen LogP contribution is 2.32. The van der Waals surface area contributed by atoms with Crippen molar-refractivity contribution in [2.24, 2.45) is 43.3 Å². The van der Waals surface area contributed by atoms with Gasteiger partial charge < -0.3 is 22.9 Å². The highest BCUT2D eigenvalue weighted by atomic mass is 32.1. The van der Waals surface area contributed by atoms with Gasteiger partial charge in [0.25, 0.3) is 0 Å². The summed E-state index contributed by atoms with van der Waals surface area (Å²) in [6.45, 7) is 0. The molecule has 0 fully saturated rings. The second-order valence-electron chi connectivity index (χ2n) is 5.81. The van der Waals surface area contributed by atoms with E-state index in [4.69, 9.17) is 22.9 Å². The maximum Gasteiger partial charge on any atom is 0.211 e. The van der Waals surface area contributed by atoms with Crippen LogP contribution in [0.15, 0.2) is 75.1 Å². The molecule has 0 saturated carbocycles. The lowest BCUT2D eigenvalue weighted by Gasteiger charge is -1.98. The average Bonchev–Trinajstić information content (AvgIpc) is 3.19. The third-order valence-electron chi connectivity index (χ3n) is 3.62. The van der Waals surface area contributed by atoms with E-state index in [0.717, 1.165) is 32.1 Å². The summed E-state index contributed by atoms with van der Waals surface area (Å²) in [4.78, 5) is 5.59. The molecule has 146 valence electrons. The zero-order valence-electron chi connectivity index (χ0n) is 15.3. The van der Waals surface area contributed by atoms with Crippen LogP contribution in [0.1, 0.15) is 11.1 Å². The lowest BCUT2D eigenvalue weighted by atomic mass is 10.1. The molecule has 0 spiro atoms. The first-order valence-corrected chi connectivity index (χ1v) is 9.23. The molecule has 0 bridgehead atoms. The molecule has 0 unspecified atom stereocenters. The van der Waals surface area contributed by atoms with E-state index in [1.54, 1.807) is 23.8 Å². The van der Waals surface area contributed by atoms with Crippen LogP contribution in [0, 0.1) is 0 Å². The molecule has 3 rings (SSSR count). The molecule has 3 aromatic rings. The SMILES string of the molecule is NC(N)=N/N=C/c1ccc(-c2cnc(-c3ccc(/C=N/N=C(N)N)cc3)s2)cc1. The van der Waals surface area contributed by atoms with Crippen molar-refractivity contribution in [1.82, 2.24) is 4.98 Å². The van der Waals surface area contributed by atoms with Crippen molar-refractivity contribution in [2.45, 2.75) is 0 Å². The highest BCUT2D eigenvalue weighted by Gasteiger charge is 2.06. The molecule has 9 nitrogen and oxygen atoms in total. The fourth-order valence-corrected chi connectivity index (χ4v) is 3.24. The number of rotatable bonds is 6. The second kappa shape index (κ2) is 9.24. The maximum atomic E-state index is 5.24. The molecule has 8 N–H and O–H groups in total. The third-order valence-corrected chi connectivity index (χ3v) is 4.71. The molecule has 0 amide bonds. The van der Waals surface area contributed by atoms with Gasteiger partial charge >= 0.3 is 0 Å². The van der Waals surface area contributed by atoms with E-state index in [-0.39, 0.29) is 11.9 Å². The van der Waals surface area contributed by atoms with Gasteiger partial charge in [0, 0.05) is 11.8 Å². The number of hydrogen-bond donors (Lipinski definition) is 4. The summed E-state index contributed by atoms with van der Waals surface area (Å²) in [6, 6.07) is 15.7. The zero-order valence-corrected chi connectivity index (χ0v) is 16.1. The Labute approximate surface area is 171 Å². The van der Waals surface area contributed by atoms with Gasteiger partial charge in [0.15, 0.2) is 0 Å². The number of nitrogens with two attached hydrogens (primary N) is 4. The molecular weight excluding hydrogens is 386 g/mol. The minimum absolute atomic E-state index is 0.0795. The van der Waals surface area contributed by atoms with Crippen LogP contribution >= 0.6 is 11.3 Å². The molecule has 0 aliphatic carbocycles. The molecule has 29 heavy (non-hydrogen) atoms. The number of thiazole rings is 1. The lowest BCUT2D eigenvalue weighted by molar-refractivity contribution is 1.21. The Morgan fingerprint density at radius 2 is 1.21 bits per heavy atom. The summed E-state index contributed by atoms with van der Waals surface area (Å²) < 4.78 is 0. The Morgan fingerprint density at radius 3 is 1.69 bits per heavy atom. The van der Waals surface area contributed by atoms with Crippen LogP contribution in [0.5, 0.6) is 0 Å². The van der Waals surface area contributed by atoms with Gasteiger partial charge in [-0.05, 0) is 16.7 Å². The average molecular weight is 405 g/mol. The van der Waals surface area contributed by atoms with E-state index >= 15 is 0 Å². The Morgan fingerprint density at radius 1 is 0.724 bits per heavy atom. The first-order valence-electron chi connectivity index (χ1n) is 8.42. The number of hydrogen-bond acceptors (Lipinski definition) is 6. The molecule has 0 aliphatic heterocycles. The van der Waals surface area contributed by atoms with Gasteiger partial charge in [-0.25, -0.2) is 4.98 Å². The Balaban J connectivity index is 1.72. The minimum Gasteiger partial charge on any atom is -0.369 e. The van der Waals surface area contributed by atoms with Crippen molar-refractivity contribution in [3.8, 4) is 21.0 Å². The van der Waals surface area contributed by atoms with E-state index in [0.29, 0.717) is 0 Å². The Hall–Kier alpha value is -4.05. The van der Waals surface area contributed by atoms with Crippen molar-refractivity contribution in [2.75, 3.05) is 0 Å². The van der Waals surface area contributed by atoms with E-state index in [9.17, 15) is 0 Å². The van der Waals surface area contributed by atoms with Crippen LogP contribution in [0.25, 0.3) is 21.0 Å². The van der Waals surface area contributed by atoms with Crippen LogP contribution in [0.4, 0.5) is 0 Å². The molecule has 10 heteroatoms. The summed E-state index contributed by atoms with van der Waals surface area (Å²) in [5.41, 5.74) is 24.8. The van der Waals surface area contributed by atoms with Gasteiger partial charge in [-0.2, -0.15) is 10.2 Å². The number of guanidine groups is 2. The van der Waals surface area contributed by atoms with E-state index < -0.39 is 0 Å². The maximum absolute atomic E-state index is 5.24. The topological polar surface area (TPSA) is 166 Å². The molecule has 0 atom stereocenters. The highest BCUT2D eigenvalue weighted by molar-refractivity contribution is 7.18. The normalized spacial score (nSPS) is 11.0. The van der Waals surface area contributed by atoms with Crippen molar-refractivity contribution in [1.29, 1.82) is 0 Å². The molecule has 0 saturated heterocycles. The second-order valence-corrected chi connectivity index (χ2v) is 6.84. The third kappa shape index (κ3) is 5.71. The monoisotopic (exact) mass is 405 g/mol. The largest absolute Gasteiger partial charge is 0.369 e. The minimum atomic E-state index is -0.0812. The van der Waals surface area contributed by atoms with Crippen molar-refractivity contribution in [3.05, 3.63) is 65.9 Å². The summed E-state index contributed by atoms with van der Waals surface area (Å²) in [5.74, 6) is -0.161. The predicted molar refractivity (Wildman–Crippen MR) is 120 cm³/mol. The number of benzene rings is 2. The Bertz CT molecular complexity index is 984. The summed E-state index contributed by atoms with van der Waals surface area (Å²) in [6.07, 6.45) is 5.02. The smallest absolute Gasteiger partial charge is 0.211 e. The zero-order chi connectivity index (χ0) is 20.6. The van der Waals surface area contributed by atoms with E-state index in [1.807, 2.05) is 54.7 Å². The summed E-state index contributed by atoms with van der Waals surface area (Å²) in [7, 11) is 0. The first-order chi connectivity index (χ1) is 14.0. The van der Waals surface area contributed by atoms with Gasteiger partial charge in [-0.1, -0.05) is 48.5 Å². The van der Waals surface area contributed by atoms with Gasteiger partial charge in [0.1, 0.15) is 5.01 Å². The first kappa shape index (κ1) is 19.7. The standard InChI is InChI=1S/C19H19N9S/c20-18(21)27-25-9-12-1-5-14(6-2-12)16-11-24-17(29-16)15-7-3-13(4-8-15)10-26-28-19(22)23/h1-11H,(H4,20,21,27)(H4,22,23,28)/b25-9+,26-10+. The van der Waals surface area contributed by atoms with E-state index in [1.165, 1.54) is 0 Å². The van der Waals surface area contributed by atoms with Crippen LogP contribution in [0.2, 0.25) is 0 Å². The van der Waals surface area contributed by atoms with Crippen molar-refractivity contribution >= 4 is 35.7 Å². The number of aromatic nitrogens is 1. The Kier molecular flexibility index (Phi) is 6.28.